The van der Waals surface area contributed by atoms with Crippen LogP contribution in [0.15, 0.2) is 46.3 Å². The third-order valence-electron chi connectivity index (χ3n) is 2.77. The lowest BCUT2D eigenvalue weighted by Gasteiger charge is -1.99. The highest BCUT2D eigenvalue weighted by atomic mass is 32.1. The zero-order chi connectivity index (χ0) is 17.0. The summed E-state index contributed by atoms with van der Waals surface area (Å²) in [5.74, 6) is -2.17. The fourth-order valence-electron chi connectivity index (χ4n) is 1.74. The number of carbonyl (C=O) groups excluding carboxylic acids is 2. The maximum Gasteiger partial charge on any atom is 0.255 e. The number of nitrogens with two attached hydrogens (primary N) is 2. The van der Waals surface area contributed by atoms with Crippen LogP contribution in [0.1, 0.15) is 0 Å². The number of nitrogens with one attached hydrogen (secondary N) is 2. The smallest absolute Gasteiger partial charge is 0.255 e. The molecule has 2 aromatic rings. The Morgan fingerprint density at radius 2 is 1.91 bits per heavy atom. The minimum atomic E-state index is -1.00. The zero-order valence-corrected chi connectivity index (χ0v) is 12.4. The second-order valence-corrected chi connectivity index (χ2v) is 4.69. The van der Waals surface area contributed by atoms with Crippen molar-refractivity contribution in [1.29, 1.82) is 0 Å². The summed E-state index contributed by atoms with van der Waals surface area (Å²) in [4.78, 5) is 24.7. The van der Waals surface area contributed by atoms with Crippen molar-refractivity contribution in [2.24, 2.45) is 21.7 Å². The Morgan fingerprint density at radius 1 is 1.26 bits per heavy atom. The van der Waals surface area contributed by atoms with Crippen LogP contribution in [0.5, 0.6) is 5.88 Å². The summed E-state index contributed by atoms with van der Waals surface area (Å²) in [6.45, 7) is 0. The van der Waals surface area contributed by atoms with Crippen LogP contribution in [0.25, 0.3) is 10.9 Å². The molecule has 0 atom stereocenters. The number of fused-ring (bicyclic) bond motifs is 1. The summed E-state index contributed by atoms with van der Waals surface area (Å²) in [6, 6.07) is 7.08. The van der Waals surface area contributed by atoms with Crippen molar-refractivity contribution in [1.82, 2.24) is 10.3 Å². The predicted molar refractivity (Wildman–Crippen MR) is 86.7 cm³/mol. The van der Waals surface area contributed by atoms with Crippen molar-refractivity contribution >= 4 is 45.7 Å². The van der Waals surface area contributed by atoms with Gasteiger partial charge in [0.25, 0.3) is 11.8 Å². The molecular formula is C13H12N6O3S. The van der Waals surface area contributed by atoms with E-state index in [1.165, 1.54) is 0 Å². The van der Waals surface area contributed by atoms with Crippen LogP contribution in [-0.4, -0.2) is 27.0 Å². The molecule has 23 heavy (non-hydrogen) atoms. The number of nitrogens with zero attached hydrogens (tertiary/aromatic N) is 2. The molecule has 1 aromatic heterocycles. The van der Waals surface area contributed by atoms with Gasteiger partial charge < -0.3 is 26.9 Å². The van der Waals surface area contributed by atoms with Gasteiger partial charge in [0.15, 0.2) is 5.69 Å². The first-order valence-corrected chi connectivity index (χ1v) is 6.62. The van der Waals surface area contributed by atoms with Gasteiger partial charge in [-0.2, -0.15) is 0 Å². The topological polar surface area (TPSA) is 159 Å². The van der Waals surface area contributed by atoms with Gasteiger partial charge in [0.05, 0.1) is 5.52 Å². The van der Waals surface area contributed by atoms with E-state index in [0.29, 0.717) is 10.9 Å². The van der Waals surface area contributed by atoms with E-state index >= 15 is 0 Å². The Kier molecular flexibility index (Phi) is 4.66. The molecule has 7 N–H and O–H groups in total. The van der Waals surface area contributed by atoms with Crippen molar-refractivity contribution in [3.05, 3.63) is 36.0 Å². The number of para-hydroxylation sites is 1. The predicted octanol–water partition coefficient (Wildman–Crippen LogP) is 0.686. The van der Waals surface area contributed by atoms with Crippen LogP contribution in [0, 0.1) is 0 Å². The van der Waals surface area contributed by atoms with Crippen LogP contribution in [0.2, 0.25) is 0 Å². The molecular weight excluding hydrogens is 320 g/mol. The lowest BCUT2D eigenvalue weighted by Crippen LogP contribution is -2.28. The fraction of sp³-hybridized carbons (Fsp3) is 0. The highest BCUT2D eigenvalue weighted by Gasteiger charge is 2.12. The summed E-state index contributed by atoms with van der Waals surface area (Å²) in [5.41, 5.74) is 10.4. The maximum atomic E-state index is 11.0. The number of hydrogen-bond donors (Lipinski definition) is 5. The highest BCUT2D eigenvalue weighted by molar-refractivity contribution is 7.80. The number of H-pyrrole nitrogens is 1. The summed E-state index contributed by atoms with van der Waals surface area (Å²) in [6.07, 6.45) is 0.946. The third-order valence-corrected chi connectivity index (χ3v) is 2.97. The Labute approximate surface area is 135 Å². The molecule has 1 aromatic carbocycles. The van der Waals surface area contributed by atoms with Gasteiger partial charge >= 0.3 is 0 Å². The van der Waals surface area contributed by atoms with Gasteiger partial charge in [0.2, 0.25) is 11.0 Å². The van der Waals surface area contributed by atoms with E-state index in [9.17, 15) is 14.7 Å². The molecule has 0 radical (unpaired) electrons. The second kappa shape index (κ2) is 6.66. The van der Waals surface area contributed by atoms with Gasteiger partial charge in [-0.25, -0.2) is 0 Å². The molecule has 0 unspecified atom stereocenters. The summed E-state index contributed by atoms with van der Waals surface area (Å²) < 4.78 is 0. The average Bonchev–Trinajstić information content (AvgIpc) is 2.80. The lowest BCUT2D eigenvalue weighted by molar-refractivity contribution is -0.120. The summed E-state index contributed by atoms with van der Waals surface area (Å²) >= 11 is 4.87. The van der Waals surface area contributed by atoms with E-state index in [-0.39, 0.29) is 16.7 Å². The molecule has 0 spiro atoms. The Balaban J connectivity index is 2.18. The first-order valence-electron chi connectivity index (χ1n) is 6.22. The zero-order valence-electron chi connectivity index (χ0n) is 11.6. The van der Waals surface area contributed by atoms with Gasteiger partial charge in [-0.15, -0.1) is 10.2 Å². The Bertz CT molecular complexity index is 839. The number of aromatic hydroxyl groups is 1. The molecule has 10 heteroatoms. The van der Waals surface area contributed by atoms with Crippen LogP contribution >= 0.6 is 12.2 Å². The molecule has 2 amide bonds. The molecule has 1 heterocycles. The Hall–Kier alpha value is -3.27. The number of carbonyl (C=O) groups is 2. The minimum absolute atomic E-state index is 0.158. The molecule has 0 aliphatic heterocycles. The first-order chi connectivity index (χ1) is 10.9. The quantitative estimate of drug-likeness (QED) is 0.183. The van der Waals surface area contributed by atoms with E-state index in [1.807, 2.05) is 0 Å². The summed E-state index contributed by atoms with van der Waals surface area (Å²) in [7, 11) is 0. The molecule has 0 aliphatic carbocycles. The molecule has 0 aliphatic rings. The highest BCUT2D eigenvalue weighted by Crippen LogP contribution is 2.35. The maximum absolute atomic E-state index is 11.0. The number of primary amides is 2. The van der Waals surface area contributed by atoms with E-state index in [0.717, 1.165) is 6.20 Å². The monoisotopic (exact) mass is 332 g/mol. The van der Waals surface area contributed by atoms with E-state index < -0.39 is 17.4 Å². The van der Waals surface area contributed by atoms with Crippen molar-refractivity contribution in [2.45, 2.75) is 0 Å². The summed E-state index contributed by atoms with van der Waals surface area (Å²) in [5, 5.41) is 20.2. The molecule has 2 rings (SSSR count). The molecule has 0 bridgehead atoms. The van der Waals surface area contributed by atoms with Crippen molar-refractivity contribution in [3.8, 4) is 5.88 Å². The average molecular weight is 332 g/mol. The lowest BCUT2D eigenvalue weighted by atomic mass is 10.2. The number of amides is 2. The third kappa shape index (κ3) is 3.68. The Morgan fingerprint density at radius 3 is 2.57 bits per heavy atom. The van der Waals surface area contributed by atoms with Gasteiger partial charge in [0.1, 0.15) is 5.57 Å². The van der Waals surface area contributed by atoms with Gasteiger partial charge in [-0.3, -0.25) is 9.59 Å². The van der Waals surface area contributed by atoms with Gasteiger partial charge in [-0.1, -0.05) is 18.2 Å². The van der Waals surface area contributed by atoms with E-state index in [2.05, 4.69) is 20.5 Å². The number of hydrogen-bond acceptors (Lipinski definition) is 5. The standard InChI is InChI=1S/C13H12N6O3S/c14-10(20)7(11(15)21)5-16-13(23)19-18-9-6-3-1-2-4-8(6)17-12(9)22/h1-5,17,22H,(H2,14,20)(H2,15,21)(H,16,23). The number of thiocarbonyl (C=S) groups is 1. The molecule has 0 fully saturated rings. The number of azo groups is 1. The fourth-order valence-corrected chi connectivity index (χ4v) is 1.84. The number of aromatic nitrogens is 1. The molecule has 118 valence electrons. The molecule has 0 saturated carbocycles. The SMILES string of the molecule is NC(=O)C(=CNC(=S)N=Nc1c(O)[nH]c2ccccc12)C(N)=O. The van der Waals surface area contributed by atoms with Crippen LogP contribution in [0.3, 0.4) is 0 Å². The largest absolute Gasteiger partial charge is 0.493 e. The van der Waals surface area contributed by atoms with Crippen molar-refractivity contribution < 1.29 is 14.7 Å². The van der Waals surface area contributed by atoms with E-state index in [4.69, 9.17) is 23.7 Å². The number of aromatic amines is 1. The van der Waals surface area contributed by atoms with Crippen LogP contribution in [0.4, 0.5) is 5.69 Å². The van der Waals surface area contributed by atoms with Gasteiger partial charge in [-0.05, 0) is 18.3 Å². The first kappa shape index (κ1) is 16.1. The van der Waals surface area contributed by atoms with Crippen molar-refractivity contribution in [2.75, 3.05) is 0 Å². The van der Waals surface area contributed by atoms with Gasteiger partial charge in [0, 0.05) is 11.6 Å². The number of benzene rings is 1. The van der Waals surface area contributed by atoms with Crippen LogP contribution < -0.4 is 16.8 Å². The van der Waals surface area contributed by atoms with Crippen LogP contribution in [-0.2, 0) is 9.59 Å². The van der Waals surface area contributed by atoms with Crippen molar-refractivity contribution in [3.63, 3.8) is 0 Å². The molecule has 0 saturated heterocycles. The minimum Gasteiger partial charge on any atom is -0.493 e. The molecule has 9 nitrogen and oxygen atoms in total. The van der Waals surface area contributed by atoms with E-state index in [1.54, 1.807) is 24.3 Å². The normalized spacial score (nSPS) is 10.6. The second-order valence-electron chi connectivity index (χ2n) is 4.30. The number of rotatable bonds is 4.